The fraction of sp³-hybridized carbons (Fsp3) is 0.259. The molecule has 0 atom stereocenters. The van der Waals surface area contributed by atoms with Gasteiger partial charge in [-0.3, -0.25) is 4.90 Å². The fourth-order valence-electron chi connectivity index (χ4n) is 5.11. The van der Waals surface area contributed by atoms with Crippen LogP contribution in [0.25, 0.3) is 11.1 Å². The lowest BCUT2D eigenvalue weighted by Gasteiger charge is -2.20. The quantitative estimate of drug-likeness (QED) is 0.399. The molecule has 2 aliphatic rings. The second kappa shape index (κ2) is 9.03. The van der Waals surface area contributed by atoms with Gasteiger partial charge in [0.05, 0.1) is 11.4 Å². The van der Waals surface area contributed by atoms with Crippen molar-refractivity contribution in [1.82, 2.24) is 24.4 Å². The SMILES string of the molecule is O=S(=O)(NCc1nnc2n1CCN(Cc1ccc3c(c1)Cc1ccccc1-3)CC2)c1ccccc1. The zero-order valence-electron chi connectivity index (χ0n) is 19.4. The summed E-state index contributed by atoms with van der Waals surface area (Å²) in [7, 11) is -3.59. The van der Waals surface area contributed by atoms with E-state index in [1.807, 2.05) is 0 Å². The first kappa shape index (κ1) is 22.2. The zero-order valence-corrected chi connectivity index (χ0v) is 20.2. The van der Waals surface area contributed by atoms with Gasteiger partial charge in [0.25, 0.3) is 0 Å². The third kappa shape index (κ3) is 4.40. The number of sulfonamides is 1. The molecule has 0 unspecified atom stereocenters. The van der Waals surface area contributed by atoms with Crippen LogP contribution in [0.5, 0.6) is 0 Å². The fourth-order valence-corrected chi connectivity index (χ4v) is 6.11. The molecule has 35 heavy (non-hydrogen) atoms. The lowest BCUT2D eigenvalue weighted by Crippen LogP contribution is -2.28. The third-order valence-electron chi connectivity index (χ3n) is 6.93. The van der Waals surface area contributed by atoms with Gasteiger partial charge in [-0.25, -0.2) is 13.1 Å². The Balaban J connectivity index is 1.11. The van der Waals surface area contributed by atoms with Crippen molar-refractivity contribution in [2.24, 2.45) is 0 Å². The van der Waals surface area contributed by atoms with Crippen molar-refractivity contribution in [3.8, 4) is 11.1 Å². The first-order valence-electron chi connectivity index (χ1n) is 11.9. The first-order valence-corrected chi connectivity index (χ1v) is 13.4. The number of fused-ring (bicyclic) bond motifs is 4. The smallest absolute Gasteiger partial charge is 0.240 e. The maximum atomic E-state index is 12.6. The van der Waals surface area contributed by atoms with Crippen LogP contribution < -0.4 is 4.72 Å². The van der Waals surface area contributed by atoms with Gasteiger partial charge in [-0.2, -0.15) is 0 Å². The Bertz CT molecular complexity index is 1480. The molecule has 1 N–H and O–H groups in total. The lowest BCUT2D eigenvalue weighted by atomic mass is 10.0. The highest BCUT2D eigenvalue weighted by Gasteiger charge is 2.22. The highest BCUT2D eigenvalue weighted by atomic mass is 32.2. The minimum Gasteiger partial charge on any atom is -0.313 e. The Morgan fingerprint density at radius 1 is 0.829 bits per heavy atom. The summed E-state index contributed by atoms with van der Waals surface area (Å²) in [6.45, 7) is 3.50. The maximum absolute atomic E-state index is 12.6. The Hall–Kier alpha value is -3.33. The van der Waals surface area contributed by atoms with Crippen molar-refractivity contribution in [2.75, 3.05) is 13.1 Å². The minimum atomic E-state index is -3.59. The van der Waals surface area contributed by atoms with E-state index in [2.05, 4.69) is 66.9 Å². The summed E-state index contributed by atoms with van der Waals surface area (Å²) in [6, 6.07) is 23.9. The Morgan fingerprint density at radius 3 is 2.51 bits per heavy atom. The topological polar surface area (TPSA) is 80.1 Å². The van der Waals surface area contributed by atoms with Gasteiger partial charge < -0.3 is 4.57 Å². The number of aromatic nitrogens is 3. The van der Waals surface area contributed by atoms with Gasteiger partial charge in [0, 0.05) is 32.6 Å². The van der Waals surface area contributed by atoms with Crippen molar-refractivity contribution in [3.63, 3.8) is 0 Å². The van der Waals surface area contributed by atoms with E-state index >= 15 is 0 Å². The molecule has 0 spiro atoms. The van der Waals surface area contributed by atoms with Crippen LogP contribution in [0, 0.1) is 0 Å². The van der Waals surface area contributed by atoms with E-state index in [9.17, 15) is 8.42 Å². The predicted octanol–water partition coefficient (Wildman–Crippen LogP) is 3.39. The molecule has 2 heterocycles. The van der Waals surface area contributed by atoms with Crippen LogP contribution in [-0.2, 0) is 42.5 Å². The predicted molar refractivity (Wildman–Crippen MR) is 134 cm³/mol. The highest BCUT2D eigenvalue weighted by molar-refractivity contribution is 7.89. The molecule has 0 bridgehead atoms. The van der Waals surface area contributed by atoms with Crippen LogP contribution in [-0.4, -0.2) is 41.2 Å². The van der Waals surface area contributed by atoms with E-state index in [1.165, 1.54) is 27.8 Å². The van der Waals surface area contributed by atoms with Crippen molar-refractivity contribution in [1.29, 1.82) is 0 Å². The number of benzene rings is 3. The minimum absolute atomic E-state index is 0.121. The molecule has 0 radical (unpaired) electrons. The molecule has 7 nitrogen and oxygen atoms in total. The summed E-state index contributed by atoms with van der Waals surface area (Å²) in [6.07, 6.45) is 1.79. The van der Waals surface area contributed by atoms with E-state index < -0.39 is 10.0 Å². The van der Waals surface area contributed by atoms with E-state index in [4.69, 9.17) is 0 Å². The second-order valence-corrected chi connectivity index (χ2v) is 10.9. The van der Waals surface area contributed by atoms with Gasteiger partial charge in [-0.15, -0.1) is 10.2 Å². The van der Waals surface area contributed by atoms with Crippen LogP contribution in [0.2, 0.25) is 0 Å². The zero-order chi connectivity index (χ0) is 23.8. The van der Waals surface area contributed by atoms with Gasteiger partial charge in [-0.1, -0.05) is 60.7 Å². The number of nitrogens with zero attached hydrogens (tertiary/aromatic N) is 4. The first-order chi connectivity index (χ1) is 17.1. The Kier molecular flexibility index (Phi) is 5.72. The third-order valence-corrected chi connectivity index (χ3v) is 8.35. The highest BCUT2D eigenvalue weighted by Crippen LogP contribution is 2.36. The van der Waals surface area contributed by atoms with Crippen molar-refractivity contribution < 1.29 is 8.42 Å². The molecule has 0 saturated carbocycles. The molecule has 6 rings (SSSR count). The lowest BCUT2D eigenvalue weighted by molar-refractivity contribution is 0.270. The molecule has 1 aromatic heterocycles. The van der Waals surface area contributed by atoms with Crippen LogP contribution >= 0.6 is 0 Å². The van der Waals surface area contributed by atoms with E-state index in [-0.39, 0.29) is 11.4 Å². The second-order valence-electron chi connectivity index (χ2n) is 9.17. The van der Waals surface area contributed by atoms with Crippen LogP contribution in [0.3, 0.4) is 0 Å². The maximum Gasteiger partial charge on any atom is 0.240 e. The molecule has 8 heteroatoms. The van der Waals surface area contributed by atoms with Crippen molar-refractivity contribution in [3.05, 3.63) is 101 Å². The average molecular weight is 486 g/mol. The van der Waals surface area contributed by atoms with E-state index in [0.29, 0.717) is 5.82 Å². The van der Waals surface area contributed by atoms with Gasteiger partial charge in [0.15, 0.2) is 0 Å². The normalized spacial score (nSPS) is 15.3. The van der Waals surface area contributed by atoms with Crippen LogP contribution in [0.15, 0.2) is 77.7 Å². The van der Waals surface area contributed by atoms with Crippen LogP contribution in [0.1, 0.15) is 28.3 Å². The molecule has 0 fully saturated rings. The van der Waals surface area contributed by atoms with Gasteiger partial charge in [-0.05, 0) is 46.4 Å². The molecule has 0 saturated heterocycles. The largest absolute Gasteiger partial charge is 0.313 e. The molecular formula is C27H27N5O2S. The van der Waals surface area contributed by atoms with Crippen LogP contribution in [0.4, 0.5) is 0 Å². The molecule has 178 valence electrons. The summed E-state index contributed by atoms with van der Waals surface area (Å²) < 4.78 is 29.9. The van der Waals surface area contributed by atoms with Gasteiger partial charge in [0.1, 0.15) is 11.6 Å². The molecular weight excluding hydrogens is 458 g/mol. The van der Waals surface area contributed by atoms with Crippen molar-refractivity contribution in [2.45, 2.75) is 37.4 Å². The summed E-state index contributed by atoms with van der Waals surface area (Å²) in [5, 5.41) is 8.63. The average Bonchev–Trinajstić information content (AvgIpc) is 3.38. The standard InChI is InChI=1S/C27H27N5O2S/c33-35(34,23-7-2-1-3-8-23)28-18-27-30-29-26-12-13-31(14-15-32(26)27)19-20-10-11-25-22(16-20)17-21-6-4-5-9-24(21)25/h1-11,16,28H,12-15,17-19H2. The molecule has 1 aliphatic heterocycles. The van der Waals surface area contributed by atoms with E-state index in [0.717, 1.165) is 44.8 Å². The summed E-state index contributed by atoms with van der Waals surface area (Å²) >= 11 is 0. The number of hydrogen-bond acceptors (Lipinski definition) is 5. The number of hydrogen-bond donors (Lipinski definition) is 1. The monoisotopic (exact) mass is 485 g/mol. The molecule has 1 aliphatic carbocycles. The van der Waals surface area contributed by atoms with Crippen molar-refractivity contribution >= 4 is 10.0 Å². The number of rotatable bonds is 6. The summed E-state index contributed by atoms with van der Waals surface area (Å²) in [5.41, 5.74) is 6.85. The Labute approximate surface area is 205 Å². The van der Waals surface area contributed by atoms with E-state index in [1.54, 1.807) is 30.3 Å². The molecule has 3 aromatic carbocycles. The summed E-state index contributed by atoms with van der Waals surface area (Å²) in [5.74, 6) is 1.56. The molecule has 0 amide bonds. The summed E-state index contributed by atoms with van der Waals surface area (Å²) in [4.78, 5) is 2.69. The van der Waals surface area contributed by atoms with Gasteiger partial charge >= 0.3 is 0 Å². The molecule has 4 aromatic rings. The Morgan fingerprint density at radius 2 is 1.63 bits per heavy atom. The number of nitrogens with one attached hydrogen (secondary N) is 1. The van der Waals surface area contributed by atoms with Gasteiger partial charge in [0.2, 0.25) is 10.0 Å².